The smallest absolute Gasteiger partial charge is 0.274 e. The van der Waals surface area contributed by atoms with Crippen LogP contribution in [0.25, 0.3) is 5.69 Å². The first-order chi connectivity index (χ1) is 11.0. The van der Waals surface area contributed by atoms with E-state index in [4.69, 9.17) is 0 Å². The number of nitrogens with zero attached hydrogens (tertiary/aromatic N) is 3. The van der Waals surface area contributed by atoms with E-state index in [1.54, 1.807) is 15.6 Å². The standard InChI is InChI=1S/C17H18FN3O2/c1-10-5-6-15(13(18)7-10)21-14-4-2-3-12(14)16(19-21)17(23)20-8-11(22)9-20/h5-7,11,22H,2-4,8-9H2,1H3. The molecule has 1 amide bonds. The van der Waals surface area contributed by atoms with Gasteiger partial charge in [0.1, 0.15) is 11.5 Å². The minimum atomic E-state index is -0.441. The summed E-state index contributed by atoms with van der Waals surface area (Å²) in [5, 5.41) is 13.8. The number of halogens is 1. The molecule has 1 fully saturated rings. The third-order valence-electron chi connectivity index (χ3n) is 4.61. The Kier molecular flexibility index (Phi) is 3.23. The number of carbonyl (C=O) groups excluding carboxylic acids is 1. The second-order valence-corrected chi connectivity index (χ2v) is 6.36. The summed E-state index contributed by atoms with van der Waals surface area (Å²) in [6, 6.07) is 5.03. The van der Waals surface area contributed by atoms with Crippen LogP contribution in [0.1, 0.15) is 33.7 Å². The van der Waals surface area contributed by atoms with Gasteiger partial charge >= 0.3 is 0 Å². The molecule has 23 heavy (non-hydrogen) atoms. The van der Waals surface area contributed by atoms with E-state index in [1.807, 2.05) is 13.0 Å². The van der Waals surface area contributed by atoms with E-state index >= 15 is 0 Å². The van der Waals surface area contributed by atoms with Crippen LogP contribution in [0.2, 0.25) is 0 Å². The predicted molar refractivity (Wildman–Crippen MR) is 82.2 cm³/mol. The molecule has 2 heterocycles. The summed E-state index contributed by atoms with van der Waals surface area (Å²) in [4.78, 5) is 14.1. The number of aryl methyl sites for hydroxylation is 1. The Morgan fingerprint density at radius 1 is 1.35 bits per heavy atom. The van der Waals surface area contributed by atoms with Gasteiger partial charge in [-0.05, 0) is 43.9 Å². The van der Waals surface area contributed by atoms with E-state index in [2.05, 4.69) is 5.10 Å². The van der Waals surface area contributed by atoms with Crippen molar-refractivity contribution in [1.29, 1.82) is 0 Å². The summed E-state index contributed by atoms with van der Waals surface area (Å²) >= 11 is 0. The molecule has 1 N–H and O–H groups in total. The molecular weight excluding hydrogens is 297 g/mol. The molecule has 2 aromatic rings. The molecular formula is C17H18FN3O2. The first-order valence-electron chi connectivity index (χ1n) is 7.89. The van der Waals surface area contributed by atoms with Crippen LogP contribution in [0.3, 0.4) is 0 Å². The van der Waals surface area contributed by atoms with Crippen molar-refractivity contribution in [1.82, 2.24) is 14.7 Å². The number of hydrogen-bond acceptors (Lipinski definition) is 3. The Morgan fingerprint density at radius 2 is 2.13 bits per heavy atom. The summed E-state index contributed by atoms with van der Waals surface area (Å²) in [7, 11) is 0. The van der Waals surface area contributed by atoms with Crippen LogP contribution < -0.4 is 0 Å². The molecule has 1 aliphatic heterocycles. The van der Waals surface area contributed by atoms with Crippen LogP contribution in [0.4, 0.5) is 4.39 Å². The number of fused-ring (bicyclic) bond motifs is 1. The van der Waals surface area contributed by atoms with Gasteiger partial charge in [0.25, 0.3) is 5.91 Å². The van der Waals surface area contributed by atoms with Gasteiger partial charge in [-0.15, -0.1) is 0 Å². The van der Waals surface area contributed by atoms with Crippen LogP contribution in [-0.4, -0.2) is 44.9 Å². The van der Waals surface area contributed by atoms with Gasteiger partial charge in [-0.3, -0.25) is 4.79 Å². The van der Waals surface area contributed by atoms with Crippen molar-refractivity contribution < 1.29 is 14.3 Å². The molecule has 2 aliphatic rings. The minimum Gasteiger partial charge on any atom is -0.389 e. The Bertz CT molecular complexity index is 793. The van der Waals surface area contributed by atoms with Gasteiger partial charge in [0.05, 0.1) is 6.10 Å². The van der Waals surface area contributed by atoms with Gasteiger partial charge in [0, 0.05) is 24.3 Å². The van der Waals surface area contributed by atoms with Crippen LogP contribution in [0.15, 0.2) is 18.2 Å². The average Bonchev–Trinajstić information content (AvgIpc) is 3.06. The van der Waals surface area contributed by atoms with Crippen LogP contribution in [0, 0.1) is 12.7 Å². The lowest BCUT2D eigenvalue weighted by Crippen LogP contribution is -2.53. The van der Waals surface area contributed by atoms with E-state index < -0.39 is 6.10 Å². The Morgan fingerprint density at radius 3 is 2.83 bits per heavy atom. The first kappa shape index (κ1) is 14.4. The fourth-order valence-corrected chi connectivity index (χ4v) is 3.36. The second-order valence-electron chi connectivity index (χ2n) is 6.36. The lowest BCUT2D eigenvalue weighted by Gasteiger charge is -2.35. The number of aliphatic hydroxyl groups is 1. The largest absolute Gasteiger partial charge is 0.389 e. The number of amides is 1. The normalized spacial score (nSPS) is 17.3. The van der Waals surface area contributed by atoms with Gasteiger partial charge in [0.2, 0.25) is 0 Å². The SMILES string of the molecule is Cc1ccc(-n2nc(C(=O)N3CC(O)C3)c3c2CCC3)c(F)c1. The zero-order valence-corrected chi connectivity index (χ0v) is 12.9. The molecule has 0 spiro atoms. The lowest BCUT2D eigenvalue weighted by molar-refractivity contribution is 0.00540. The molecule has 5 nitrogen and oxygen atoms in total. The monoisotopic (exact) mass is 315 g/mol. The highest BCUT2D eigenvalue weighted by Gasteiger charge is 2.35. The fraction of sp³-hybridized carbons (Fsp3) is 0.412. The molecule has 6 heteroatoms. The van der Waals surface area contributed by atoms with Crippen molar-refractivity contribution in [3.05, 3.63) is 46.5 Å². The number of aromatic nitrogens is 2. The third-order valence-corrected chi connectivity index (χ3v) is 4.61. The molecule has 1 aromatic carbocycles. The van der Waals surface area contributed by atoms with Gasteiger partial charge < -0.3 is 10.0 Å². The van der Waals surface area contributed by atoms with Crippen molar-refractivity contribution in [3.63, 3.8) is 0 Å². The Hall–Kier alpha value is -2.21. The summed E-state index contributed by atoms with van der Waals surface area (Å²) in [6.07, 6.45) is 2.10. The maximum atomic E-state index is 14.3. The van der Waals surface area contributed by atoms with E-state index in [-0.39, 0.29) is 11.7 Å². The Labute approximate surface area is 133 Å². The molecule has 0 atom stereocenters. The van der Waals surface area contributed by atoms with Gasteiger partial charge in [0.15, 0.2) is 5.69 Å². The zero-order chi connectivity index (χ0) is 16.1. The van der Waals surface area contributed by atoms with Crippen molar-refractivity contribution in [2.24, 2.45) is 0 Å². The maximum Gasteiger partial charge on any atom is 0.274 e. The van der Waals surface area contributed by atoms with Crippen molar-refractivity contribution >= 4 is 5.91 Å². The molecule has 0 bridgehead atoms. The Balaban J connectivity index is 1.77. The molecule has 120 valence electrons. The number of aliphatic hydroxyl groups excluding tert-OH is 1. The number of carbonyl (C=O) groups is 1. The quantitative estimate of drug-likeness (QED) is 0.916. The maximum absolute atomic E-state index is 14.3. The number of benzene rings is 1. The fourth-order valence-electron chi connectivity index (χ4n) is 3.36. The number of rotatable bonds is 2. The summed E-state index contributed by atoms with van der Waals surface area (Å²) < 4.78 is 15.9. The topological polar surface area (TPSA) is 58.4 Å². The van der Waals surface area contributed by atoms with E-state index in [9.17, 15) is 14.3 Å². The molecule has 1 aromatic heterocycles. The highest BCUT2D eigenvalue weighted by molar-refractivity contribution is 5.95. The molecule has 0 unspecified atom stereocenters. The number of hydrogen-bond donors (Lipinski definition) is 1. The van der Waals surface area contributed by atoms with Crippen LogP contribution in [0.5, 0.6) is 0 Å². The lowest BCUT2D eigenvalue weighted by atomic mass is 10.1. The van der Waals surface area contributed by atoms with Crippen LogP contribution in [-0.2, 0) is 12.8 Å². The summed E-state index contributed by atoms with van der Waals surface area (Å²) in [5.41, 5.74) is 3.50. The highest BCUT2D eigenvalue weighted by atomic mass is 19.1. The van der Waals surface area contributed by atoms with Crippen molar-refractivity contribution in [2.45, 2.75) is 32.3 Å². The zero-order valence-electron chi connectivity index (χ0n) is 12.9. The van der Waals surface area contributed by atoms with Crippen molar-refractivity contribution in [2.75, 3.05) is 13.1 Å². The van der Waals surface area contributed by atoms with E-state index in [1.165, 1.54) is 6.07 Å². The molecule has 4 rings (SSSR count). The summed E-state index contributed by atoms with van der Waals surface area (Å²) in [6.45, 7) is 2.53. The highest BCUT2D eigenvalue weighted by Crippen LogP contribution is 2.30. The van der Waals surface area contributed by atoms with Crippen LogP contribution >= 0.6 is 0 Å². The predicted octanol–water partition coefficient (Wildman–Crippen LogP) is 1.63. The molecule has 0 radical (unpaired) electrons. The summed E-state index contributed by atoms with van der Waals surface area (Å²) in [5.74, 6) is -0.500. The second kappa shape index (κ2) is 5.16. The van der Waals surface area contributed by atoms with Gasteiger partial charge in [-0.1, -0.05) is 6.07 Å². The van der Waals surface area contributed by atoms with Gasteiger partial charge in [-0.2, -0.15) is 5.10 Å². The van der Waals surface area contributed by atoms with Crippen molar-refractivity contribution in [3.8, 4) is 5.69 Å². The third kappa shape index (κ3) is 2.25. The number of likely N-dealkylation sites (tertiary alicyclic amines) is 1. The number of β-amino-alcohol motifs (C(OH)–C–C–N with tert-alkyl or cyclic N) is 1. The van der Waals surface area contributed by atoms with E-state index in [0.29, 0.717) is 24.5 Å². The van der Waals surface area contributed by atoms with E-state index in [0.717, 1.165) is 36.1 Å². The van der Waals surface area contributed by atoms with Gasteiger partial charge in [-0.25, -0.2) is 9.07 Å². The first-order valence-corrected chi connectivity index (χ1v) is 7.89. The molecule has 1 saturated heterocycles. The average molecular weight is 315 g/mol. The molecule has 0 saturated carbocycles. The molecule has 1 aliphatic carbocycles. The minimum absolute atomic E-state index is 0.167.